The van der Waals surface area contributed by atoms with Crippen LogP contribution in [0.3, 0.4) is 0 Å². The lowest BCUT2D eigenvalue weighted by molar-refractivity contribution is -0.139. The zero-order chi connectivity index (χ0) is 17.8. The minimum atomic E-state index is -0.825. The van der Waals surface area contributed by atoms with Crippen LogP contribution >= 0.6 is 11.6 Å². The van der Waals surface area contributed by atoms with Crippen LogP contribution in [0.4, 0.5) is 0 Å². The topological polar surface area (TPSA) is 52.6 Å². The SMILES string of the molecule is CN1Cc2ccccc2C[C@H]1CN[C@H](Cc1ccc(Cl)cc1)C(=O)O. The summed E-state index contributed by atoms with van der Waals surface area (Å²) < 4.78 is 0. The third kappa shape index (κ3) is 4.60. The monoisotopic (exact) mass is 358 g/mol. The molecule has 0 saturated carbocycles. The molecule has 0 bridgehead atoms. The lowest BCUT2D eigenvalue weighted by Gasteiger charge is -2.35. The maximum Gasteiger partial charge on any atom is 0.321 e. The number of hydrogen-bond donors (Lipinski definition) is 2. The Morgan fingerprint density at radius 1 is 1.24 bits per heavy atom. The van der Waals surface area contributed by atoms with Crippen LogP contribution in [0.15, 0.2) is 48.5 Å². The predicted molar refractivity (Wildman–Crippen MR) is 100.0 cm³/mol. The zero-order valence-corrected chi connectivity index (χ0v) is 15.0. The first-order valence-corrected chi connectivity index (χ1v) is 8.88. The van der Waals surface area contributed by atoms with Crippen molar-refractivity contribution in [3.05, 3.63) is 70.2 Å². The van der Waals surface area contributed by atoms with Crippen molar-refractivity contribution < 1.29 is 9.90 Å². The van der Waals surface area contributed by atoms with Crippen LogP contribution in [-0.4, -0.2) is 41.7 Å². The van der Waals surface area contributed by atoms with Crippen molar-refractivity contribution in [2.45, 2.75) is 31.5 Å². The van der Waals surface area contributed by atoms with Crippen molar-refractivity contribution in [1.29, 1.82) is 0 Å². The average Bonchev–Trinajstić information content (AvgIpc) is 2.60. The number of aliphatic carboxylic acids is 1. The summed E-state index contributed by atoms with van der Waals surface area (Å²) in [5.74, 6) is -0.825. The first kappa shape index (κ1) is 17.9. The Kier molecular flexibility index (Phi) is 5.74. The van der Waals surface area contributed by atoms with Gasteiger partial charge in [-0.05, 0) is 48.7 Å². The molecule has 2 aromatic carbocycles. The van der Waals surface area contributed by atoms with E-state index in [-0.39, 0.29) is 0 Å². The molecular weight excluding hydrogens is 336 g/mol. The number of likely N-dealkylation sites (N-methyl/N-ethyl adjacent to an activating group) is 1. The molecule has 0 spiro atoms. The molecule has 2 atom stereocenters. The van der Waals surface area contributed by atoms with Gasteiger partial charge in [0.2, 0.25) is 0 Å². The Morgan fingerprint density at radius 3 is 2.60 bits per heavy atom. The lowest BCUT2D eigenvalue weighted by Crippen LogP contribution is -2.49. The van der Waals surface area contributed by atoms with E-state index in [0.29, 0.717) is 24.0 Å². The van der Waals surface area contributed by atoms with E-state index in [9.17, 15) is 9.90 Å². The van der Waals surface area contributed by atoms with Crippen LogP contribution in [0.25, 0.3) is 0 Å². The van der Waals surface area contributed by atoms with Gasteiger partial charge in [0.1, 0.15) is 6.04 Å². The molecule has 1 heterocycles. The van der Waals surface area contributed by atoms with Gasteiger partial charge in [0.25, 0.3) is 0 Å². The fourth-order valence-electron chi connectivity index (χ4n) is 3.33. The summed E-state index contributed by atoms with van der Waals surface area (Å²) in [5, 5.41) is 13.4. The standard InChI is InChI=1S/C20H23ClN2O2/c1-23-13-16-5-3-2-4-15(16)11-18(23)12-22-19(20(24)25)10-14-6-8-17(21)9-7-14/h2-9,18-19,22H,10-13H2,1H3,(H,24,25)/t18-,19+/m0/s1. The van der Waals surface area contributed by atoms with Crippen molar-refractivity contribution in [2.24, 2.45) is 0 Å². The van der Waals surface area contributed by atoms with Gasteiger partial charge in [-0.1, -0.05) is 48.0 Å². The molecule has 0 aromatic heterocycles. The first-order valence-electron chi connectivity index (χ1n) is 8.50. The summed E-state index contributed by atoms with van der Waals surface area (Å²) >= 11 is 5.89. The van der Waals surface area contributed by atoms with Gasteiger partial charge < -0.3 is 10.4 Å². The van der Waals surface area contributed by atoms with Crippen LogP contribution in [0, 0.1) is 0 Å². The Morgan fingerprint density at radius 2 is 1.92 bits per heavy atom. The molecular formula is C20H23ClN2O2. The quantitative estimate of drug-likeness (QED) is 0.833. The number of carbonyl (C=O) groups is 1. The molecule has 0 unspecified atom stereocenters. The summed E-state index contributed by atoms with van der Waals surface area (Å²) in [5.41, 5.74) is 3.68. The summed E-state index contributed by atoms with van der Waals surface area (Å²) in [6, 6.07) is 15.5. The number of hydrogen-bond acceptors (Lipinski definition) is 3. The van der Waals surface area contributed by atoms with Crippen molar-refractivity contribution in [3.63, 3.8) is 0 Å². The van der Waals surface area contributed by atoms with E-state index in [1.807, 2.05) is 12.1 Å². The van der Waals surface area contributed by atoms with Gasteiger partial charge in [0.05, 0.1) is 0 Å². The third-order valence-corrected chi connectivity index (χ3v) is 5.12. The van der Waals surface area contributed by atoms with Crippen molar-refractivity contribution >= 4 is 17.6 Å². The second-order valence-electron chi connectivity index (χ2n) is 6.67. The molecule has 2 aromatic rings. The second kappa shape index (κ2) is 8.00. The van der Waals surface area contributed by atoms with E-state index < -0.39 is 12.0 Å². The van der Waals surface area contributed by atoms with E-state index >= 15 is 0 Å². The molecule has 25 heavy (non-hydrogen) atoms. The van der Waals surface area contributed by atoms with Gasteiger partial charge in [0.15, 0.2) is 0 Å². The Hall–Kier alpha value is -1.88. The zero-order valence-electron chi connectivity index (χ0n) is 14.3. The van der Waals surface area contributed by atoms with Crippen LogP contribution < -0.4 is 5.32 Å². The van der Waals surface area contributed by atoms with Gasteiger partial charge in [-0.2, -0.15) is 0 Å². The fraction of sp³-hybridized carbons (Fsp3) is 0.350. The Balaban J connectivity index is 1.62. The van der Waals surface area contributed by atoms with Crippen LogP contribution in [0.5, 0.6) is 0 Å². The highest BCUT2D eigenvalue weighted by atomic mass is 35.5. The van der Waals surface area contributed by atoms with Gasteiger partial charge in [0, 0.05) is 24.2 Å². The van der Waals surface area contributed by atoms with E-state index in [1.165, 1.54) is 11.1 Å². The second-order valence-corrected chi connectivity index (χ2v) is 7.11. The van der Waals surface area contributed by atoms with E-state index in [4.69, 9.17) is 11.6 Å². The van der Waals surface area contributed by atoms with E-state index in [0.717, 1.165) is 18.5 Å². The molecule has 5 heteroatoms. The smallest absolute Gasteiger partial charge is 0.321 e. The number of carboxylic acid groups (broad SMARTS) is 1. The minimum Gasteiger partial charge on any atom is -0.480 e. The fourth-order valence-corrected chi connectivity index (χ4v) is 3.45. The molecule has 0 aliphatic carbocycles. The number of nitrogens with zero attached hydrogens (tertiary/aromatic N) is 1. The number of benzene rings is 2. The van der Waals surface area contributed by atoms with Gasteiger partial charge in [-0.3, -0.25) is 9.69 Å². The number of rotatable bonds is 6. The lowest BCUT2D eigenvalue weighted by atomic mass is 9.94. The van der Waals surface area contributed by atoms with Crippen LogP contribution in [-0.2, 0) is 24.2 Å². The molecule has 1 aliphatic rings. The number of fused-ring (bicyclic) bond motifs is 1. The molecule has 0 radical (unpaired) electrons. The van der Waals surface area contributed by atoms with Gasteiger partial charge in [-0.15, -0.1) is 0 Å². The normalized spacial score (nSPS) is 18.6. The third-order valence-electron chi connectivity index (χ3n) is 4.87. The van der Waals surface area contributed by atoms with E-state index in [2.05, 4.69) is 41.5 Å². The molecule has 0 saturated heterocycles. The molecule has 2 N–H and O–H groups in total. The van der Waals surface area contributed by atoms with Gasteiger partial charge in [-0.25, -0.2) is 0 Å². The largest absolute Gasteiger partial charge is 0.480 e. The molecule has 0 fully saturated rings. The van der Waals surface area contributed by atoms with Crippen molar-refractivity contribution in [3.8, 4) is 0 Å². The predicted octanol–water partition coefficient (Wildman–Crippen LogP) is 2.98. The molecule has 3 rings (SSSR count). The number of carboxylic acids is 1. The van der Waals surface area contributed by atoms with Gasteiger partial charge >= 0.3 is 5.97 Å². The first-order chi connectivity index (χ1) is 12.0. The molecule has 4 nitrogen and oxygen atoms in total. The van der Waals surface area contributed by atoms with Crippen LogP contribution in [0.1, 0.15) is 16.7 Å². The molecule has 1 aliphatic heterocycles. The van der Waals surface area contributed by atoms with Crippen molar-refractivity contribution in [2.75, 3.05) is 13.6 Å². The summed E-state index contributed by atoms with van der Waals surface area (Å²) in [4.78, 5) is 13.9. The van der Waals surface area contributed by atoms with Crippen LogP contribution in [0.2, 0.25) is 5.02 Å². The molecule has 0 amide bonds. The highest BCUT2D eigenvalue weighted by Crippen LogP contribution is 2.21. The van der Waals surface area contributed by atoms with E-state index in [1.54, 1.807) is 12.1 Å². The minimum absolute atomic E-state index is 0.293. The maximum atomic E-state index is 11.6. The molecule has 132 valence electrons. The van der Waals surface area contributed by atoms with Crippen molar-refractivity contribution in [1.82, 2.24) is 10.2 Å². The highest BCUT2D eigenvalue weighted by Gasteiger charge is 2.25. The summed E-state index contributed by atoms with van der Waals surface area (Å²) in [7, 11) is 2.09. The average molecular weight is 359 g/mol. The highest BCUT2D eigenvalue weighted by molar-refractivity contribution is 6.30. The number of nitrogens with one attached hydrogen (secondary N) is 1. The summed E-state index contributed by atoms with van der Waals surface area (Å²) in [6.07, 6.45) is 1.38. The number of halogens is 1. The maximum absolute atomic E-state index is 11.6. The summed E-state index contributed by atoms with van der Waals surface area (Å²) in [6.45, 7) is 1.55. The Labute approximate surface area is 153 Å². The Bertz CT molecular complexity index is 733.